The SMILES string of the molecule is COc1ccc(CN(C)c2nc(Cl)ncc2[N+](=O)[O-])cc1. The predicted octanol–water partition coefficient (Wildman–Crippen LogP) is 2.68. The highest BCUT2D eigenvalue weighted by Crippen LogP contribution is 2.26. The van der Waals surface area contributed by atoms with Gasteiger partial charge in [0.25, 0.3) is 0 Å². The molecule has 7 nitrogen and oxygen atoms in total. The quantitative estimate of drug-likeness (QED) is 0.480. The van der Waals surface area contributed by atoms with Crippen molar-refractivity contribution in [2.24, 2.45) is 0 Å². The van der Waals surface area contributed by atoms with Crippen molar-refractivity contribution in [3.05, 3.63) is 51.4 Å². The summed E-state index contributed by atoms with van der Waals surface area (Å²) in [4.78, 5) is 19.7. The molecule has 0 radical (unpaired) electrons. The summed E-state index contributed by atoms with van der Waals surface area (Å²) in [5.41, 5.74) is 0.776. The Bertz CT molecular complexity index is 648. The van der Waals surface area contributed by atoms with Crippen molar-refractivity contribution in [2.75, 3.05) is 19.1 Å². The minimum Gasteiger partial charge on any atom is -0.497 e. The Labute approximate surface area is 126 Å². The zero-order valence-corrected chi connectivity index (χ0v) is 12.2. The maximum absolute atomic E-state index is 11.0. The molecule has 1 aromatic heterocycles. The summed E-state index contributed by atoms with van der Waals surface area (Å²) in [5, 5.41) is 11.0. The monoisotopic (exact) mass is 308 g/mol. The number of nitrogens with zero attached hydrogens (tertiary/aromatic N) is 4. The summed E-state index contributed by atoms with van der Waals surface area (Å²) in [7, 11) is 3.29. The lowest BCUT2D eigenvalue weighted by Gasteiger charge is -2.18. The van der Waals surface area contributed by atoms with Gasteiger partial charge in [0, 0.05) is 13.6 Å². The predicted molar refractivity (Wildman–Crippen MR) is 78.8 cm³/mol. The smallest absolute Gasteiger partial charge is 0.329 e. The van der Waals surface area contributed by atoms with Crippen LogP contribution in [0.5, 0.6) is 5.75 Å². The van der Waals surface area contributed by atoms with Crippen LogP contribution in [0.15, 0.2) is 30.5 Å². The summed E-state index contributed by atoms with van der Waals surface area (Å²) >= 11 is 5.72. The Hall–Kier alpha value is -2.41. The minimum absolute atomic E-state index is 0.0304. The molecule has 0 fully saturated rings. The van der Waals surface area contributed by atoms with Crippen molar-refractivity contribution in [1.29, 1.82) is 0 Å². The van der Waals surface area contributed by atoms with E-state index in [0.29, 0.717) is 6.54 Å². The maximum Gasteiger partial charge on any atom is 0.329 e. The van der Waals surface area contributed by atoms with Crippen LogP contribution in [-0.2, 0) is 6.54 Å². The van der Waals surface area contributed by atoms with Gasteiger partial charge in [0.05, 0.1) is 12.0 Å². The third-order valence-electron chi connectivity index (χ3n) is 2.86. The molecular formula is C13H13ClN4O3. The molecule has 0 aliphatic heterocycles. The molecule has 0 aliphatic rings. The molecular weight excluding hydrogens is 296 g/mol. The largest absolute Gasteiger partial charge is 0.497 e. The van der Waals surface area contributed by atoms with Crippen molar-refractivity contribution >= 4 is 23.1 Å². The van der Waals surface area contributed by atoms with E-state index in [1.807, 2.05) is 24.3 Å². The van der Waals surface area contributed by atoms with Crippen LogP contribution in [0.4, 0.5) is 11.5 Å². The van der Waals surface area contributed by atoms with E-state index in [4.69, 9.17) is 16.3 Å². The number of halogens is 1. The van der Waals surface area contributed by atoms with Crippen molar-refractivity contribution in [2.45, 2.75) is 6.54 Å². The highest BCUT2D eigenvalue weighted by molar-refractivity contribution is 6.28. The minimum atomic E-state index is -0.532. The number of ether oxygens (including phenoxy) is 1. The lowest BCUT2D eigenvalue weighted by Crippen LogP contribution is -2.19. The van der Waals surface area contributed by atoms with Gasteiger partial charge in [-0.25, -0.2) is 4.98 Å². The van der Waals surface area contributed by atoms with Gasteiger partial charge in [-0.3, -0.25) is 10.1 Å². The van der Waals surface area contributed by atoms with E-state index in [1.165, 1.54) is 0 Å². The van der Waals surface area contributed by atoms with Crippen LogP contribution < -0.4 is 9.64 Å². The maximum atomic E-state index is 11.0. The van der Waals surface area contributed by atoms with Gasteiger partial charge in [0.15, 0.2) is 0 Å². The topological polar surface area (TPSA) is 81.4 Å². The van der Waals surface area contributed by atoms with E-state index >= 15 is 0 Å². The second kappa shape index (κ2) is 6.36. The lowest BCUT2D eigenvalue weighted by atomic mass is 10.2. The van der Waals surface area contributed by atoms with Crippen molar-refractivity contribution < 1.29 is 9.66 Å². The van der Waals surface area contributed by atoms with Crippen LogP contribution in [0.3, 0.4) is 0 Å². The molecule has 0 bridgehead atoms. The van der Waals surface area contributed by atoms with Crippen LogP contribution in [-0.4, -0.2) is 29.0 Å². The van der Waals surface area contributed by atoms with E-state index in [0.717, 1.165) is 17.5 Å². The molecule has 0 saturated carbocycles. The van der Waals surface area contributed by atoms with E-state index in [9.17, 15) is 10.1 Å². The lowest BCUT2D eigenvalue weighted by molar-refractivity contribution is -0.384. The molecule has 0 aliphatic carbocycles. The normalized spacial score (nSPS) is 10.2. The first-order valence-corrected chi connectivity index (χ1v) is 6.40. The van der Waals surface area contributed by atoms with E-state index in [2.05, 4.69) is 9.97 Å². The molecule has 1 aromatic carbocycles. The van der Waals surface area contributed by atoms with Crippen LogP contribution in [0.25, 0.3) is 0 Å². The van der Waals surface area contributed by atoms with Gasteiger partial charge in [0.1, 0.15) is 11.9 Å². The van der Waals surface area contributed by atoms with Crippen molar-refractivity contribution in [1.82, 2.24) is 9.97 Å². The Balaban J connectivity index is 2.24. The molecule has 21 heavy (non-hydrogen) atoms. The number of benzene rings is 1. The van der Waals surface area contributed by atoms with Crippen molar-refractivity contribution in [3.8, 4) is 5.75 Å². The Kier molecular flexibility index (Phi) is 4.54. The molecule has 2 aromatic rings. The molecule has 0 amide bonds. The molecule has 0 atom stereocenters. The average molecular weight is 309 g/mol. The highest BCUT2D eigenvalue weighted by atomic mass is 35.5. The third-order valence-corrected chi connectivity index (χ3v) is 3.04. The van der Waals surface area contributed by atoms with Gasteiger partial charge in [-0.15, -0.1) is 0 Å². The summed E-state index contributed by atoms with van der Waals surface area (Å²) in [6.07, 6.45) is 1.11. The number of rotatable bonds is 5. The second-order valence-corrected chi connectivity index (χ2v) is 4.65. The van der Waals surface area contributed by atoms with E-state index < -0.39 is 4.92 Å². The molecule has 0 N–H and O–H groups in total. The molecule has 8 heteroatoms. The molecule has 110 valence electrons. The van der Waals surface area contributed by atoms with Gasteiger partial charge in [0.2, 0.25) is 11.1 Å². The Morgan fingerprint density at radius 1 is 1.38 bits per heavy atom. The fraction of sp³-hybridized carbons (Fsp3) is 0.231. The zero-order valence-electron chi connectivity index (χ0n) is 11.5. The number of hydrogen-bond donors (Lipinski definition) is 0. The first kappa shape index (κ1) is 15.0. The number of hydrogen-bond acceptors (Lipinski definition) is 6. The number of methoxy groups -OCH3 is 1. The Morgan fingerprint density at radius 3 is 2.62 bits per heavy atom. The molecule has 0 spiro atoms. The number of nitro groups is 1. The van der Waals surface area contributed by atoms with Gasteiger partial charge in [-0.1, -0.05) is 12.1 Å². The first-order valence-electron chi connectivity index (χ1n) is 6.02. The molecule has 0 saturated heterocycles. The summed E-state index contributed by atoms with van der Waals surface area (Å²) < 4.78 is 5.08. The molecule has 2 rings (SSSR count). The molecule has 1 heterocycles. The third kappa shape index (κ3) is 3.57. The van der Waals surface area contributed by atoms with Crippen LogP contribution >= 0.6 is 11.6 Å². The highest BCUT2D eigenvalue weighted by Gasteiger charge is 2.20. The average Bonchev–Trinajstić information content (AvgIpc) is 2.47. The van der Waals surface area contributed by atoms with Crippen LogP contribution in [0.1, 0.15) is 5.56 Å². The zero-order chi connectivity index (χ0) is 15.4. The standard InChI is InChI=1S/C13H13ClN4O3/c1-17(8-9-3-5-10(21-2)6-4-9)12-11(18(19)20)7-15-13(14)16-12/h3-7H,8H2,1-2H3. The van der Waals surface area contributed by atoms with Gasteiger partial charge >= 0.3 is 5.69 Å². The van der Waals surface area contributed by atoms with E-state index in [1.54, 1.807) is 19.1 Å². The van der Waals surface area contributed by atoms with Gasteiger partial charge in [-0.2, -0.15) is 4.98 Å². The van der Waals surface area contributed by atoms with Crippen LogP contribution in [0, 0.1) is 10.1 Å². The van der Waals surface area contributed by atoms with E-state index in [-0.39, 0.29) is 16.8 Å². The van der Waals surface area contributed by atoms with Gasteiger partial charge in [-0.05, 0) is 29.3 Å². The number of aromatic nitrogens is 2. The van der Waals surface area contributed by atoms with Crippen LogP contribution in [0.2, 0.25) is 5.28 Å². The first-order chi connectivity index (χ1) is 10.0. The fourth-order valence-electron chi connectivity index (χ4n) is 1.84. The Morgan fingerprint density at radius 2 is 2.05 bits per heavy atom. The molecule has 0 unspecified atom stereocenters. The van der Waals surface area contributed by atoms with Gasteiger partial charge < -0.3 is 9.64 Å². The van der Waals surface area contributed by atoms with Crippen molar-refractivity contribution in [3.63, 3.8) is 0 Å². The fourth-order valence-corrected chi connectivity index (χ4v) is 1.96. The second-order valence-electron chi connectivity index (χ2n) is 4.31. The number of anilines is 1. The summed E-state index contributed by atoms with van der Waals surface area (Å²) in [5.74, 6) is 0.924. The summed E-state index contributed by atoms with van der Waals surface area (Å²) in [6.45, 7) is 0.443. The summed E-state index contributed by atoms with van der Waals surface area (Å²) in [6, 6.07) is 7.41.